The van der Waals surface area contributed by atoms with Gasteiger partial charge in [-0.15, -0.1) is 11.3 Å². The second-order valence-corrected chi connectivity index (χ2v) is 8.24. The molecule has 1 aromatic rings. The lowest BCUT2D eigenvalue weighted by Crippen LogP contribution is -2.30. The number of carbonyl (C=O) groups excluding carboxylic acids is 2. The molecule has 0 N–H and O–H groups in total. The van der Waals surface area contributed by atoms with Crippen molar-refractivity contribution in [1.29, 1.82) is 5.26 Å². The summed E-state index contributed by atoms with van der Waals surface area (Å²) in [6.45, 7) is 0. The van der Waals surface area contributed by atoms with Crippen LogP contribution in [0.4, 0.5) is 5.00 Å². The van der Waals surface area contributed by atoms with E-state index in [4.69, 9.17) is 11.6 Å². The van der Waals surface area contributed by atoms with Crippen LogP contribution in [0.1, 0.15) is 48.1 Å². The summed E-state index contributed by atoms with van der Waals surface area (Å²) in [5, 5.41) is 10.9. The maximum Gasteiger partial charge on any atom is 0.238 e. The van der Waals surface area contributed by atoms with Crippen LogP contribution in [0.3, 0.4) is 0 Å². The number of anilines is 1. The average Bonchev–Trinajstić information content (AvgIpc) is 2.90. The summed E-state index contributed by atoms with van der Waals surface area (Å²) in [6.07, 6.45) is 7.91. The first-order valence-corrected chi connectivity index (χ1v) is 9.58. The van der Waals surface area contributed by atoms with Gasteiger partial charge in [0.25, 0.3) is 0 Å². The predicted molar refractivity (Wildman–Crippen MR) is 92.9 cm³/mol. The summed E-state index contributed by atoms with van der Waals surface area (Å²) in [7, 11) is 0. The van der Waals surface area contributed by atoms with E-state index in [0.717, 1.165) is 37.7 Å². The first-order chi connectivity index (χ1) is 11.6. The number of halogens is 1. The third kappa shape index (κ3) is 2.32. The number of rotatable bonds is 1. The number of thiophene rings is 1. The van der Waals surface area contributed by atoms with E-state index in [2.05, 4.69) is 6.07 Å². The molecule has 2 amide bonds. The molecule has 6 heteroatoms. The van der Waals surface area contributed by atoms with Crippen LogP contribution in [-0.4, -0.2) is 11.8 Å². The van der Waals surface area contributed by atoms with E-state index in [-0.39, 0.29) is 23.7 Å². The Bertz CT molecular complexity index is 805. The van der Waals surface area contributed by atoms with Gasteiger partial charge in [-0.25, -0.2) is 4.90 Å². The van der Waals surface area contributed by atoms with Gasteiger partial charge in [-0.2, -0.15) is 5.26 Å². The molecular weight excluding hydrogens is 344 g/mol. The maximum absolute atomic E-state index is 12.9. The van der Waals surface area contributed by atoms with Gasteiger partial charge >= 0.3 is 0 Å². The molecule has 2 aliphatic carbocycles. The Morgan fingerprint density at radius 1 is 1.17 bits per heavy atom. The van der Waals surface area contributed by atoms with Crippen LogP contribution in [0.15, 0.2) is 11.1 Å². The second-order valence-electron chi connectivity index (χ2n) is 6.67. The van der Waals surface area contributed by atoms with Crippen molar-refractivity contribution in [3.8, 4) is 6.07 Å². The van der Waals surface area contributed by atoms with Gasteiger partial charge in [0.1, 0.15) is 11.1 Å². The van der Waals surface area contributed by atoms with E-state index in [9.17, 15) is 14.9 Å². The fourth-order valence-corrected chi connectivity index (χ4v) is 5.63. The minimum Gasteiger partial charge on any atom is -0.274 e. The highest BCUT2D eigenvalue weighted by Gasteiger charge is 2.50. The van der Waals surface area contributed by atoms with Crippen molar-refractivity contribution in [2.24, 2.45) is 11.8 Å². The van der Waals surface area contributed by atoms with E-state index in [1.807, 2.05) is 6.08 Å². The molecule has 0 radical (unpaired) electrons. The zero-order valence-electron chi connectivity index (χ0n) is 13.2. The SMILES string of the molecule is N#Cc1c(N2C(=O)[C@H]3CC=C(Cl)C[C@@H]3C2=O)sc2c1CCCCC2. The summed E-state index contributed by atoms with van der Waals surface area (Å²) in [6, 6.07) is 2.26. The molecule has 0 saturated carbocycles. The second kappa shape index (κ2) is 6.02. The monoisotopic (exact) mass is 360 g/mol. The highest BCUT2D eigenvalue weighted by atomic mass is 35.5. The molecule has 4 nitrogen and oxygen atoms in total. The summed E-state index contributed by atoms with van der Waals surface area (Å²) in [4.78, 5) is 28.2. The molecule has 1 aromatic heterocycles. The minimum absolute atomic E-state index is 0.168. The topological polar surface area (TPSA) is 61.2 Å². The minimum atomic E-state index is -0.372. The van der Waals surface area contributed by atoms with Crippen molar-refractivity contribution in [3.05, 3.63) is 27.1 Å². The van der Waals surface area contributed by atoms with Gasteiger partial charge < -0.3 is 0 Å². The fourth-order valence-electron chi connectivity index (χ4n) is 4.03. The van der Waals surface area contributed by atoms with Crippen LogP contribution < -0.4 is 4.90 Å². The lowest BCUT2D eigenvalue weighted by Gasteiger charge is -2.17. The molecule has 1 fully saturated rings. The Kier molecular flexibility index (Phi) is 3.98. The summed E-state index contributed by atoms with van der Waals surface area (Å²) >= 11 is 7.54. The van der Waals surface area contributed by atoms with E-state index < -0.39 is 0 Å². The number of hydrogen-bond acceptors (Lipinski definition) is 4. The van der Waals surface area contributed by atoms with Gasteiger partial charge in [0.05, 0.1) is 17.4 Å². The van der Waals surface area contributed by atoms with E-state index in [1.165, 1.54) is 21.1 Å². The third-order valence-corrected chi connectivity index (χ3v) is 6.87. The average molecular weight is 361 g/mol. The van der Waals surface area contributed by atoms with Crippen molar-refractivity contribution in [2.75, 3.05) is 4.90 Å². The lowest BCUT2D eigenvalue weighted by molar-refractivity contribution is -0.122. The first-order valence-electron chi connectivity index (χ1n) is 8.38. The van der Waals surface area contributed by atoms with Gasteiger partial charge in [-0.3, -0.25) is 9.59 Å². The first kappa shape index (κ1) is 15.9. The number of hydrogen-bond donors (Lipinski definition) is 0. The molecule has 124 valence electrons. The molecule has 0 bridgehead atoms. The number of nitriles is 1. The fraction of sp³-hybridized carbons (Fsp3) is 0.500. The van der Waals surface area contributed by atoms with Crippen LogP contribution in [-0.2, 0) is 22.4 Å². The molecule has 0 aromatic carbocycles. The zero-order chi connectivity index (χ0) is 16.8. The van der Waals surface area contributed by atoms with Gasteiger partial charge in [0.2, 0.25) is 11.8 Å². The van der Waals surface area contributed by atoms with Crippen LogP contribution >= 0.6 is 22.9 Å². The van der Waals surface area contributed by atoms with Crippen molar-refractivity contribution in [3.63, 3.8) is 0 Å². The number of carbonyl (C=O) groups is 2. The Labute approximate surface area is 149 Å². The van der Waals surface area contributed by atoms with Crippen LogP contribution in [0.2, 0.25) is 0 Å². The Hall–Kier alpha value is -1.64. The normalized spacial score (nSPS) is 26.5. The van der Waals surface area contributed by atoms with Gasteiger partial charge in [0.15, 0.2) is 0 Å². The Morgan fingerprint density at radius 2 is 1.92 bits per heavy atom. The van der Waals surface area contributed by atoms with Gasteiger partial charge in [-0.1, -0.05) is 24.1 Å². The lowest BCUT2D eigenvalue weighted by atomic mass is 9.85. The molecule has 0 unspecified atom stereocenters. The van der Waals surface area contributed by atoms with E-state index in [0.29, 0.717) is 28.4 Å². The zero-order valence-corrected chi connectivity index (χ0v) is 14.8. The highest BCUT2D eigenvalue weighted by molar-refractivity contribution is 7.17. The molecule has 4 rings (SSSR count). The summed E-state index contributed by atoms with van der Waals surface area (Å²) in [5.74, 6) is -1.06. The number of amides is 2. The van der Waals surface area contributed by atoms with Crippen molar-refractivity contribution >= 4 is 39.8 Å². The predicted octanol–water partition coefficient (Wildman–Crippen LogP) is 3.91. The van der Waals surface area contributed by atoms with Crippen molar-refractivity contribution in [2.45, 2.75) is 44.9 Å². The smallest absolute Gasteiger partial charge is 0.238 e. The highest BCUT2D eigenvalue weighted by Crippen LogP contribution is 2.46. The molecule has 2 heterocycles. The third-order valence-electron chi connectivity index (χ3n) is 5.29. The molecule has 1 saturated heterocycles. The number of nitrogens with zero attached hydrogens (tertiary/aromatic N) is 2. The van der Waals surface area contributed by atoms with Crippen molar-refractivity contribution in [1.82, 2.24) is 0 Å². The van der Waals surface area contributed by atoms with Crippen molar-refractivity contribution < 1.29 is 9.59 Å². The summed E-state index contributed by atoms with van der Waals surface area (Å²) < 4.78 is 0. The van der Waals surface area contributed by atoms with Gasteiger partial charge in [-0.05, 0) is 44.1 Å². The standard InChI is InChI=1S/C18H17ClN2O2S/c19-10-6-7-12-13(8-10)17(23)21(16(12)22)18-14(9-20)11-4-2-1-3-5-15(11)24-18/h6,12-13H,1-5,7-8H2/t12-,13-/m0/s1. The maximum atomic E-state index is 12.9. The largest absolute Gasteiger partial charge is 0.274 e. The Balaban J connectivity index is 1.76. The quantitative estimate of drug-likeness (QED) is 0.563. The molecule has 1 aliphatic heterocycles. The number of allylic oxidation sites excluding steroid dienone is 2. The molecule has 24 heavy (non-hydrogen) atoms. The number of aryl methyl sites for hydroxylation is 1. The molecule has 0 spiro atoms. The molecule has 2 atom stereocenters. The van der Waals surface area contributed by atoms with Crippen LogP contribution in [0.5, 0.6) is 0 Å². The van der Waals surface area contributed by atoms with Gasteiger partial charge in [0, 0.05) is 9.91 Å². The van der Waals surface area contributed by atoms with Crippen LogP contribution in [0, 0.1) is 23.2 Å². The van der Waals surface area contributed by atoms with E-state index in [1.54, 1.807) is 0 Å². The molecular formula is C18H17ClN2O2S. The summed E-state index contributed by atoms with van der Waals surface area (Å²) in [5.41, 5.74) is 1.60. The van der Waals surface area contributed by atoms with E-state index >= 15 is 0 Å². The number of imide groups is 1. The molecule has 3 aliphatic rings. The van der Waals surface area contributed by atoms with Crippen LogP contribution in [0.25, 0.3) is 0 Å². The number of fused-ring (bicyclic) bond motifs is 2. The Morgan fingerprint density at radius 3 is 2.71 bits per heavy atom.